The number of aliphatic imine (C=N–C) groups is 1. The normalized spacial score (nSPS) is 18.1. The first-order valence-corrected chi connectivity index (χ1v) is 9.87. The van der Waals surface area contributed by atoms with Crippen LogP contribution in [0.3, 0.4) is 0 Å². The van der Waals surface area contributed by atoms with Crippen molar-refractivity contribution in [2.45, 2.75) is 51.1 Å². The third-order valence-corrected chi connectivity index (χ3v) is 5.59. The molecule has 1 aliphatic carbocycles. The number of aromatic hydroxyl groups is 1. The summed E-state index contributed by atoms with van der Waals surface area (Å²) in [7, 11) is 1.76. The van der Waals surface area contributed by atoms with Crippen molar-refractivity contribution < 1.29 is 9.90 Å². The first-order chi connectivity index (χ1) is 13.1. The van der Waals surface area contributed by atoms with Crippen LogP contribution in [0, 0.1) is 0 Å². The number of guanidine groups is 1. The summed E-state index contributed by atoms with van der Waals surface area (Å²) in [6.07, 6.45) is 6.42. The van der Waals surface area contributed by atoms with Crippen LogP contribution in [-0.4, -0.2) is 54.6 Å². The summed E-state index contributed by atoms with van der Waals surface area (Å²) in [5.41, 5.74) is 8.92. The summed E-state index contributed by atoms with van der Waals surface area (Å²) in [6, 6.07) is 4.19. The van der Waals surface area contributed by atoms with Crippen molar-refractivity contribution >= 4 is 35.8 Å². The predicted octanol–water partition coefficient (Wildman–Crippen LogP) is 1.50. The molecule has 1 aromatic carbocycles. The number of phenols is 1. The third kappa shape index (κ3) is 5.97. The van der Waals surface area contributed by atoms with Gasteiger partial charge in [-0.3, -0.25) is 14.7 Å². The Balaban J connectivity index is 0.00000280. The molecule has 0 bridgehead atoms. The number of primary amides is 1. The number of nitrogens with one attached hydrogen (secondary N) is 2. The van der Waals surface area contributed by atoms with Crippen LogP contribution in [0.5, 0.6) is 5.75 Å². The highest BCUT2D eigenvalue weighted by molar-refractivity contribution is 14.0. The molecular formula is C20H32IN5O2. The molecule has 1 amide bonds. The number of hydrogen-bond acceptors (Lipinski definition) is 4. The largest absolute Gasteiger partial charge is 0.508 e. The number of phenolic OH excluding ortho intramolecular Hbond substituents is 1. The topological polar surface area (TPSA) is 103 Å². The smallest absolute Gasteiger partial charge is 0.231 e. The number of benzene rings is 1. The maximum atomic E-state index is 11.0. The molecule has 1 heterocycles. The lowest BCUT2D eigenvalue weighted by Gasteiger charge is -2.32. The molecule has 0 spiro atoms. The second kappa shape index (κ2) is 10.8. The van der Waals surface area contributed by atoms with E-state index in [0.717, 1.165) is 50.3 Å². The van der Waals surface area contributed by atoms with Gasteiger partial charge in [-0.25, -0.2) is 0 Å². The average Bonchev–Trinajstić information content (AvgIpc) is 2.67. The van der Waals surface area contributed by atoms with Crippen LogP contribution >= 0.6 is 24.0 Å². The number of amides is 1. The van der Waals surface area contributed by atoms with Crippen molar-refractivity contribution in [2.75, 3.05) is 26.7 Å². The standard InChI is InChI=1S/C20H31N5O2.HI/c1-22-20(24-15-8-10-25(11-9-15)13-19(21)27)23-12-17-16-5-3-2-4-14(16)6-7-18(17)26;/h6-7,15,26H,2-5,8-13H2,1H3,(H2,21,27)(H2,22,23,24);1H. The highest BCUT2D eigenvalue weighted by Gasteiger charge is 2.21. The Labute approximate surface area is 184 Å². The molecule has 0 atom stereocenters. The summed E-state index contributed by atoms with van der Waals surface area (Å²) in [4.78, 5) is 17.5. The number of hydrogen-bond donors (Lipinski definition) is 4. The quantitative estimate of drug-likeness (QED) is 0.278. The number of piperidine rings is 1. The van der Waals surface area contributed by atoms with Gasteiger partial charge in [-0.1, -0.05) is 6.07 Å². The lowest BCUT2D eigenvalue weighted by Crippen LogP contribution is -2.49. The third-order valence-electron chi connectivity index (χ3n) is 5.59. The Hall–Kier alpha value is -1.55. The average molecular weight is 501 g/mol. The molecule has 3 rings (SSSR count). The molecule has 156 valence electrons. The minimum atomic E-state index is -0.273. The van der Waals surface area contributed by atoms with Gasteiger partial charge in [-0.05, 0) is 55.7 Å². The molecule has 28 heavy (non-hydrogen) atoms. The van der Waals surface area contributed by atoms with Crippen LogP contribution in [0.2, 0.25) is 0 Å². The fourth-order valence-corrected chi connectivity index (χ4v) is 4.11. The highest BCUT2D eigenvalue weighted by Crippen LogP contribution is 2.30. The minimum absolute atomic E-state index is 0. The van der Waals surface area contributed by atoms with Crippen LogP contribution in [-0.2, 0) is 24.2 Å². The zero-order valence-electron chi connectivity index (χ0n) is 16.5. The maximum Gasteiger partial charge on any atom is 0.231 e. The fourth-order valence-electron chi connectivity index (χ4n) is 4.11. The Morgan fingerprint density at radius 1 is 1.29 bits per heavy atom. The molecule has 1 aliphatic heterocycles. The number of fused-ring (bicyclic) bond motifs is 1. The number of halogens is 1. The van der Waals surface area contributed by atoms with E-state index in [9.17, 15) is 9.90 Å². The van der Waals surface area contributed by atoms with Crippen molar-refractivity contribution in [3.63, 3.8) is 0 Å². The van der Waals surface area contributed by atoms with Gasteiger partial charge in [-0.15, -0.1) is 24.0 Å². The highest BCUT2D eigenvalue weighted by atomic mass is 127. The Morgan fingerprint density at radius 2 is 2.00 bits per heavy atom. The lowest BCUT2D eigenvalue weighted by atomic mass is 9.88. The molecule has 2 aliphatic rings. The lowest BCUT2D eigenvalue weighted by molar-refractivity contribution is -0.119. The van der Waals surface area contributed by atoms with E-state index in [-0.39, 0.29) is 29.9 Å². The van der Waals surface area contributed by atoms with Crippen molar-refractivity contribution in [1.82, 2.24) is 15.5 Å². The molecule has 1 aromatic rings. The van der Waals surface area contributed by atoms with E-state index >= 15 is 0 Å². The van der Waals surface area contributed by atoms with Crippen LogP contribution in [0.1, 0.15) is 42.4 Å². The van der Waals surface area contributed by atoms with Gasteiger partial charge in [-0.2, -0.15) is 0 Å². The number of nitrogens with zero attached hydrogens (tertiary/aromatic N) is 2. The Bertz CT molecular complexity index is 702. The van der Waals surface area contributed by atoms with E-state index in [2.05, 4.69) is 26.6 Å². The number of carbonyl (C=O) groups excluding carboxylic acids is 1. The first kappa shape index (κ1) is 22.7. The van der Waals surface area contributed by atoms with Crippen LogP contribution in [0.25, 0.3) is 0 Å². The molecule has 0 unspecified atom stereocenters. The molecule has 1 fully saturated rings. The van der Waals surface area contributed by atoms with Crippen LogP contribution < -0.4 is 16.4 Å². The summed E-state index contributed by atoms with van der Waals surface area (Å²) < 4.78 is 0. The second-order valence-corrected chi connectivity index (χ2v) is 7.49. The van der Waals surface area contributed by atoms with Crippen LogP contribution in [0.15, 0.2) is 17.1 Å². The molecular weight excluding hydrogens is 469 g/mol. The van der Waals surface area contributed by atoms with Gasteiger partial charge in [0.05, 0.1) is 6.54 Å². The molecule has 0 radical (unpaired) electrons. The first-order valence-electron chi connectivity index (χ1n) is 9.87. The number of nitrogens with two attached hydrogens (primary N) is 1. The monoisotopic (exact) mass is 501 g/mol. The molecule has 8 heteroatoms. The maximum absolute atomic E-state index is 11.0. The molecule has 5 N–H and O–H groups in total. The zero-order valence-corrected chi connectivity index (χ0v) is 18.9. The van der Waals surface area contributed by atoms with Crippen molar-refractivity contribution in [3.05, 3.63) is 28.8 Å². The van der Waals surface area contributed by atoms with Gasteiger partial charge in [0.25, 0.3) is 0 Å². The van der Waals surface area contributed by atoms with Gasteiger partial charge in [0.2, 0.25) is 5.91 Å². The van der Waals surface area contributed by atoms with E-state index in [1.165, 1.54) is 24.0 Å². The second-order valence-electron chi connectivity index (χ2n) is 7.49. The zero-order chi connectivity index (χ0) is 19.2. The van der Waals surface area contributed by atoms with Gasteiger partial charge in [0.15, 0.2) is 5.96 Å². The predicted molar refractivity (Wildman–Crippen MR) is 122 cm³/mol. The van der Waals surface area contributed by atoms with Crippen LogP contribution in [0.4, 0.5) is 0 Å². The molecule has 1 saturated heterocycles. The molecule has 7 nitrogen and oxygen atoms in total. The number of carbonyl (C=O) groups is 1. The van der Waals surface area contributed by atoms with E-state index in [4.69, 9.17) is 5.73 Å². The Kier molecular flexibility index (Phi) is 8.81. The van der Waals surface area contributed by atoms with E-state index in [0.29, 0.717) is 24.9 Å². The van der Waals surface area contributed by atoms with E-state index < -0.39 is 0 Å². The number of rotatable bonds is 5. The summed E-state index contributed by atoms with van der Waals surface area (Å²) in [6.45, 7) is 2.60. The molecule has 0 aromatic heterocycles. The summed E-state index contributed by atoms with van der Waals surface area (Å²) in [5.74, 6) is 0.833. The van der Waals surface area contributed by atoms with Gasteiger partial charge < -0.3 is 21.5 Å². The minimum Gasteiger partial charge on any atom is -0.508 e. The fraction of sp³-hybridized carbons (Fsp3) is 0.600. The Morgan fingerprint density at radius 3 is 2.68 bits per heavy atom. The van der Waals surface area contributed by atoms with Crippen molar-refractivity contribution in [2.24, 2.45) is 10.7 Å². The van der Waals surface area contributed by atoms with Crippen molar-refractivity contribution in [3.8, 4) is 5.75 Å². The number of likely N-dealkylation sites (tertiary alicyclic amines) is 1. The number of aryl methyl sites for hydroxylation is 1. The SMILES string of the molecule is CN=C(NCc1c(O)ccc2c1CCCC2)NC1CCN(CC(N)=O)CC1.I. The summed E-state index contributed by atoms with van der Waals surface area (Å²) in [5, 5.41) is 17.2. The van der Waals surface area contributed by atoms with Crippen molar-refractivity contribution in [1.29, 1.82) is 0 Å². The van der Waals surface area contributed by atoms with Gasteiger partial charge in [0, 0.05) is 38.3 Å². The summed E-state index contributed by atoms with van der Waals surface area (Å²) >= 11 is 0. The van der Waals surface area contributed by atoms with E-state index in [1.54, 1.807) is 7.05 Å². The van der Waals surface area contributed by atoms with Gasteiger partial charge in [0.1, 0.15) is 5.75 Å². The molecule has 0 saturated carbocycles. The van der Waals surface area contributed by atoms with E-state index in [1.807, 2.05) is 6.07 Å². The van der Waals surface area contributed by atoms with Gasteiger partial charge >= 0.3 is 0 Å².